The summed E-state index contributed by atoms with van der Waals surface area (Å²) >= 11 is 0. The van der Waals surface area contributed by atoms with E-state index in [-0.39, 0.29) is 24.3 Å². The molecule has 0 saturated heterocycles. The van der Waals surface area contributed by atoms with E-state index >= 15 is 0 Å². The molecule has 6 heteroatoms. The number of anilines is 12. The van der Waals surface area contributed by atoms with E-state index in [1.165, 1.54) is 134 Å². The average Bonchev–Trinajstić information content (AvgIpc) is 0.689. The van der Waals surface area contributed by atoms with Crippen molar-refractivity contribution < 1.29 is 0 Å². The Morgan fingerprint density at radius 1 is 0.198 bits per heavy atom. The largest absolute Gasteiger partial charge is 0.311 e. The molecule has 12 aromatic carbocycles. The van der Waals surface area contributed by atoms with E-state index in [0.29, 0.717) is 0 Å². The maximum Gasteiger partial charge on any atom is 0.251 e. The standard InChI is InChI=1S/C80H62B2N4/c1-79(2,3)59-35-23-53(24-36-59)57-31-43-63(44-32-57)85-67-21-13-19-65-73(67)81-76-70(83(65)61-39-27-55(28-40-61)51-15-9-7-10-16-51)48-50-72-78(76)82-74-66(20-14-22-68(74)86(72)64-45-33-58(34-46-64)54-25-37-60(38-26-54)80(4,5)6)84(69-47-49-71(85)77(81)75(69)82)62-41-29-56(30-42-62)52-17-11-8-12-18-52/h7-50H,1-6H3. The van der Waals surface area contributed by atoms with E-state index in [2.05, 4.69) is 328 Å². The topological polar surface area (TPSA) is 13.0 Å². The molecule has 408 valence electrons. The molecule has 0 N–H and O–H groups in total. The molecule has 0 aromatic heterocycles. The fourth-order valence-corrected chi connectivity index (χ4v) is 15.0. The minimum Gasteiger partial charge on any atom is -0.311 e. The lowest BCUT2D eigenvalue weighted by atomic mass is 9.18. The summed E-state index contributed by atoms with van der Waals surface area (Å²) < 4.78 is 0. The summed E-state index contributed by atoms with van der Waals surface area (Å²) in [5, 5.41) is 0. The number of hydrogen-bond acceptors (Lipinski definition) is 4. The number of nitrogens with zero attached hydrogens (tertiary/aromatic N) is 4. The van der Waals surface area contributed by atoms with Crippen LogP contribution in [-0.4, -0.2) is 13.4 Å². The minimum atomic E-state index is -0.0570. The Morgan fingerprint density at radius 2 is 0.407 bits per heavy atom. The third kappa shape index (κ3) is 7.58. The van der Waals surface area contributed by atoms with Gasteiger partial charge in [-0.1, -0.05) is 211 Å². The molecule has 86 heavy (non-hydrogen) atoms. The highest BCUT2D eigenvalue weighted by atomic mass is 15.2. The third-order valence-corrected chi connectivity index (χ3v) is 19.1. The van der Waals surface area contributed by atoms with Gasteiger partial charge in [-0.25, -0.2) is 0 Å². The number of rotatable bonds is 8. The highest BCUT2D eigenvalue weighted by Crippen LogP contribution is 2.51. The molecule has 0 bridgehead atoms. The van der Waals surface area contributed by atoms with Crippen LogP contribution >= 0.6 is 0 Å². The zero-order valence-corrected chi connectivity index (χ0v) is 49.3. The van der Waals surface area contributed by atoms with Crippen LogP contribution in [0.2, 0.25) is 0 Å². The van der Waals surface area contributed by atoms with Gasteiger partial charge in [0.1, 0.15) is 0 Å². The second kappa shape index (κ2) is 18.7. The fourth-order valence-electron chi connectivity index (χ4n) is 15.0. The molecule has 0 spiro atoms. The molecule has 17 rings (SSSR count). The lowest BCUT2D eigenvalue weighted by molar-refractivity contribution is 0.590. The fraction of sp³-hybridized carbons (Fsp3) is 0.100. The molecule has 0 saturated carbocycles. The van der Waals surface area contributed by atoms with E-state index < -0.39 is 0 Å². The van der Waals surface area contributed by atoms with Gasteiger partial charge in [-0.2, -0.15) is 0 Å². The Kier molecular flexibility index (Phi) is 11.0. The van der Waals surface area contributed by atoms with Crippen LogP contribution in [0.25, 0.3) is 44.5 Å². The molecule has 0 unspecified atom stereocenters. The smallest absolute Gasteiger partial charge is 0.251 e. The van der Waals surface area contributed by atoms with Crippen molar-refractivity contribution in [1.29, 1.82) is 0 Å². The van der Waals surface area contributed by atoms with Crippen molar-refractivity contribution in [3.8, 4) is 44.5 Å². The van der Waals surface area contributed by atoms with Gasteiger partial charge < -0.3 is 19.6 Å². The van der Waals surface area contributed by atoms with Gasteiger partial charge in [0.05, 0.1) is 0 Å². The summed E-state index contributed by atoms with van der Waals surface area (Å²) in [4.78, 5) is 10.3. The van der Waals surface area contributed by atoms with Crippen molar-refractivity contribution in [3.63, 3.8) is 0 Å². The first-order chi connectivity index (χ1) is 41.9. The van der Waals surface area contributed by atoms with Gasteiger partial charge in [-0.3, -0.25) is 0 Å². The van der Waals surface area contributed by atoms with E-state index in [1.54, 1.807) is 0 Å². The summed E-state index contributed by atoms with van der Waals surface area (Å²) in [7, 11) is 0. The van der Waals surface area contributed by atoms with E-state index in [9.17, 15) is 0 Å². The SMILES string of the molecule is CC(C)(C)c1ccc(-c2ccc(N3c4cccc5c4B4c6c(ccc7c6B6c8c(cccc8N7c7ccc(-c8ccc(C(C)(C)C)cc8)cc7)N(c7ccc(-c8ccccc8)cc7)c7ccc3c4c76)N5c3ccc(-c4ccccc4)cc3)cc2)cc1. The van der Waals surface area contributed by atoms with Gasteiger partial charge in [0.25, 0.3) is 13.4 Å². The summed E-state index contributed by atoms with van der Waals surface area (Å²) in [6, 6.07) is 101. The third-order valence-electron chi connectivity index (χ3n) is 19.1. The van der Waals surface area contributed by atoms with Crippen molar-refractivity contribution in [1.82, 2.24) is 0 Å². The van der Waals surface area contributed by atoms with Crippen LogP contribution in [0.15, 0.2) is 267 Å². The van der Waals surface area contributed by atoms with Crippen molar-refractivity contribution in [2.24, 2.45) is 0 Å². The van der Waals surface area contributed by atoms with Gasteiger partial charge in [-0.05, 0) is 196 Å². The molecule has 0 amide bonds. The first-order valence-corrected chi connectivity index (χ1v) is 30.5. The first-order valence-electron chi connectivity index (χ1n) is 30.5. The zero-order chi connectivity index (χ0) is 57.7. The molecular weight excluding hydrogens is 1040 g/mol. The predicted octanol–water partition coefficient (Wildman–Crippen LogP) is 17.4. The van der Waals surface area contributed by atoms with Gasteiger partial charge in [0.15, 0.2) is 0 Å². The van der Waals surface area contributed by atoms with Crippen LogP contribution in [0.5, 0.6) is 0 Å². The van der Waals surface area contributed by atoms with E-state index in [1.807, 2.05) is 0 Å². The van der Waals surface area contributed by atoms with Gasteiger partial charge in [0.2, 0.25) is 0 Å². The Hall–Kier alpha value is -10.0. The Morgan fingerprint density at radius 3 is 0.640 bits per heavy atom. The van der Waals surface area contributed by atoms with Gasteiger partial charge >= 0.3 is 0 Å². The van der Waals surface area contributed by atoms with Crippen molar-refractivity contribution in [2.45, 2.75) is 52.4 Å². The Bertz CT molecular complexity index is 4380. The maximum absolute atomic E-state index is 2.59. The molecule has 4 nitrogen and oxygen atoms in total. The van der Waals surface area contributed by atoms with Crippen molar-refractivity contribution in [2.75, 3.05) is 19.6 Å². The second-order valence-electron chi connectivity index (χ2n) is 26.1. The van der Waals surface area contributed by atoms with Gasteiger partial charge in [-0.15, -0.1) is 0 Å². The highest BCUT2D eigenvalue weighted by molar-refractivity contribution is 7.16. The highest BCUT2D eigenvalue weighted by Gasteiger charge is 2.56. The lowest BCUT2D eigenvalue weighted by Crippen LogP contribution is -2.81. The van der Waals surface area contributed by atoms with E-state index in [4.69, 9.17) is 0 Å². The van der Waals surface area contributed by atoms with Crippen LogP contribution in [0, 0.1) is 0 Å². The monoisotopic (exact) mass is 1100 g/mol. The molecule has 0 aliphatic carbocycles. The van der Waals surface area contributed by atoms with Crippen LogP contribution in [0.3, 0.4) is 0 Å². The van der Waals surface area contributed by atoms with Crippen LogP contribution in [0.1, 0.15) is 52.7 Å². The predicted molar refractivity (Wildman–Crippen MR) is 367 cm³/mol. The zero-order valence-electron chi connectivity index (χ0n) is 49.3. The van der Waals surface area contributed by atoms with Crippen LogP contribution in [-0.2, 0) is 10.8 Å². The second-order valence-corrected chi connectivity index (χ2v) is 26.1. The maximum atomic E-state index is 2.59. The number of benzene rings is 12. The van der Waals surface area contributed by atoms with Crippen molar-refractivity contribution in [3.05, 3.63) is 278 Å². The minimum absolute atomic E-state index is 0.0570. The normalized spacial score (nSPS) is 13.8. The number of hydrogen-bond donors (Lipinski definition) is 0. The summed E-state index contributed by atoms with van der Waals surface area (Å²) in [5.74, 6) is 0. The average molecular weight is 1100 g/mol. The van der Waals surface area contributed by atoms with Crippen LogP contribution in [0.4, 0.5) is 68.2 Å². The molecule has 12 aromatic rings. The molecule has 5 aliphatic heterocycles. The summed E-state index contributed by atoms with van der Waals surface area (Å²) in [6.45, 7) is 13.6. The van der Waals surface area contributed by atoms with Crippen LogP contribution < -0.4 is 52.4 Å². The Labute approximate surface area is 506 Å². The molecule has 5 aliphatic rings. The van der Waals surface area contributed by atoms with Gasteiger partial charge in [0, 0.05) is 68.2 Å². The lowest BCUT2D eigenvalue weighted by Gasteiger charge is -2.53. The molecule has 0 radical (unpaired) electrons. The van der Waals surface area contributed by atoms with Crippen molar-refractivity contribution >= 4 is 114 Å². The molecule has 0 atom stereocenters. The molecular formula is C80H62B2N4. The summed E-state index contributed by atoms with van der Waals surface area (Å²) in [6.07, 6.45) is 0. The quantitative estimate of drug-likeness (QED) is 0.141. The Balaban J connectivity index is 0.909. The summed E-state index contributed by atoms with van der Waals surface area (Å²) in [5.41, 5.74) is 35.1. The molecule has 5 heterocycles. The first kappa shape index (κ1) is 50.5. The molecule has 0 fully saturated rings. The van der Waals surface area contributed by atoms with E-state index in [0.717, 1.165) is 22.7 Å².